The van der Waals surface area contributed by atoms with Gasteiger partial charge >= 0.3 is 0 Å². The average Bonchev–Trinajstić information content (AvgIpc) is 2.76. The minimum Gasteiger partial charge on any atom is -0.367 e. The Balaban J connectivity index is 2.07. The molecule has 1 fully saturated rings. The van der Waals surface area contributed by atoms with Gasteiger partial charge in [-0.3, -0.25) is 9.59 Å². The lowest BCUT2D eigenvalue weighted by Crippen LogP contribution is -2.41. The summed E-state index contributed by atoms with van der Waals surface area (Å²) in [5.74, 6) is 0.0268. The van der Waals surface area contributed by atoms with Gasteiger partial charge in [0.1, 0.15) is 5.56 Å². The predicted molar refractivity (Wildman–Crippen MR) is 64.7 cm³/mol. The molecule has 0 saturated heterocycles. The lowest BCUT2D eigenvalue weighted by molar-refractivity contribution is 0.0927. The van der Waals surface area contributed by atoms with Crippen molar-refractivity contribution in [1.82, 2.24) is 10.3 Å². The zero-order valence-corrected chi connectivity index (χ0v) is 9.61. The van der Waals surface area contributed by atoms with Gasteiger partial charge in [0, 0.05) is 24.5 Å². The molecule has 1 amide bonds. The van der Waals surface area contributed by atoms with Crippen molar-refractivity contribution in [3.05, 3.63) is 34.2 Å². The summed E-state index contributed by atoms with van der Waals surface area (Å²) in [6, 6.07) is 1.45. The molecule has 0 aromatic carbocycles. The van der Waals surface area contributed by atoms with Gasteiger partial charge in [-0.1, -0.05) is 6.42 Å². The summed E-state index contributed by atoms with van der Waals surface area (Å²) < 4.78 is 0. The quantitative estimate of drug-likeness (QED) is 0.701. The van der Waals surface area contributed by atoms with E-state index in [4.69, 9.17) is 5.73 Å². The standard InChI is InChI=1S/C12H17N3O2/c13-6-8-2-1-3-10(8)15-12(17)9-7-14-5-4-11(9)16/h4-5,7-8,10H,1-3,6,13H2,(H,14,16)(H,15,17). The fraction of sp³-hybridized carbons (Fsp3) is 0.500. The van der Waals surface area contributed by atoms with Crippen LogP contribution in [0.2, 0.25) is 0 Å². The SMILES string of the molecule is NCC1CCCC1NC(=O)c1c[nH]ccc1=O. The Bertz CT molecular complexity index is 455. The molecule has 4 N–H and O–H groups in total. The van der Waals surface area contributed by atoms with Crippen LogP contribution in [0.5, 0.6) is 0 Å². The molecular weight excluding hydrogens is 218 g/mol. The van der Waals surface area contributed by atoms with E-state index in [2.05, 4.69) is 10.3 Å². The summed E-state index contributed by atoms with van der Waals surface area (Å²) in [5.41, 5.74) is 5.55. The lowest BCUT2D eigenvalue weighted by atomic mass is 10.0. The summed E-state index contributed by atoms with van der Waals surface area (Å²) >= 11 is 0. The van der Waals surface area contributed by atoms with Crippen molar-refractivity contribution in [2.24, 2.45) is 11.7 Å². The number of amides is 1. The summed E-state index contributed by atoms with van der Waals surface area (Å²) in [5, 5.41) is 2.90. The highest BCUT2D eigenvalue weighted by molar-refractivity contribution is 5.93. The molecule has 1 aromatic rings. The summed E-state index contributed by atoms with van der Waals surface area (Å²) in [6.45, 7) is 0.579. The van der Waals surface area contributed by atoms with Gasteiger partial charge in [-0.15, -0.1) is 0 Å². The molecule has 2 unspecified atom stereocenters. The second-order valence-corrected chi connectivity index (χ2v) is 4.43. The van der Waals surface area contributed by atoms with E-state index in [1.807, 2.05) is 0 Å². The van der Waals surface area contributed by atoms with Crippen LogP contribution in [0.1, 0.15) is 29.6 Å². The number of carbonyl (C=O) groups excluding carboxylic acids is 1. The summed E-state index contributed by atoms with van der Waals surface area (Å²) in [7, 11) is 0. The monoisotopic (exact) mass is 235 g/mol. The Labute approximate surface area is 99.4 Å². The number of pyridine rings is 1. The van der Waals surface area contributed by atoms with Crippen molar-refractivity contribution >= 4 is 5.91 Å². The van der Waals surface area contributed by atoms with E-state index in [1.54, 1.807) is 0 Å². The number of hydrogen-bond donors (Lipinski definition) is 3. The van der Waals surface area contributed by atoms with Gasteiger partial charge in [0.05, 0.1) is 0 Å². The molecule has 0 aliphatic heterocycles. The number of aromatic amines is 1. The zero-order valence-electron chi connectivity index (χ0n) is 9.61. The van der Waals surface area contributed by atoms with Crippen LogP contribution in [0.4, 0.5) is 0 Å². The average molecular weight is 235 g/mol. The van der Waals surface area contributed by atoms with E-state index < -0.39 is 0 Å². The molecule has 1 aliphatic rings. The van der Waals surface area contributed by atoms with Gasteiger partial charge in [-0.25, -0.2) is 0 Å². The van der Waals surface area contributed by atoms with Gasteiger partial charge in [-0.05, 0) is 25.3 Å². The Hall–Kier alpha value is -1.62. The second kappa shape index (κ2) is 5.14. The highest BCUT2D eigenvalue weighted by atomic mass is 16.2. The molecule has 0 bridgehead atoms. The molecule has 0 spiro atoms. The molecule has 2 rings (SSSR count). The van der Waals surface area contributed by atoms with Crippen LogP contribution in [0.25, 0.3) is 0 Å². The molecule has 0 radical (unpaired) electrons. The maximum atomic E-state index is 11.9. The molecule has 1 saturated carbocycles. The van der Waals surface area contributed by atoms with Gasteiger partial charge in [0.25, 0.3) is 5.91 Å². The lowest BCUT2D eigenvalue weighted by Gasteiger charge is -2.19. The maximum absolute atomic E-state index is 11.9. The van der Waals surface area contributed by atoms with E-state index in [-0.39, 0.29) is 22.9 Å². The van der Waals surface area contributed by atoms with Crippen LogP contribution in [0.15, 0.2) is 23.3 Å². The first-order chi connectivity index (χ1) is 8.22. The normalized spacial score (nSPS) is 23.6. The van der Waals surface area contributed by atoms with Gasteiger partial charge in [0.2, 0.25) is 0 Å². The first-order valence-electron chi connectivity index (χ1n) is 5.90. The molecule has 17 heavy (non-hydrogen) atoms. The van der Waals surface area contributed by atoms with Gasteiger partial charge in [0.15, 0.2) is 5.43 Å². The maximum Gasteiger partial charge on any atom is 0.256 e. The van der Waals surface area contributed by atoms with Crippen LogP contribution in [-0.4, -0.2) is 23.5 Å². The van der Waals surface area contributed by atoms with E-state index >= 15 is 0 Å². The molecule has 2 atom stereocenters. The first kappa shape index (κ1) is 11.9. The van der Waals surface area contributed by atoms with Crippen molar-refractivity contribution in [1.29, 1.82) is 0 Å². The minimum absolute atomic E-state index is 0.104. The Morgan fingerprint density at radius 2 is 2.35 bits per heavy atom. The second-order valence-electron chi connectivity index (χ2n) is 4.43. The van der Waals surface area contributed by atoms with Crippen LogP contribution in [-0.2, 0) is 0 Å². The molecule has 1 heterocycles. The van der Waals surface area contributed by atoms with Crippen molar-refractivity contribution in [2.45, 2.75) is 25.3 Å². The predicted octanol–water partition coefficient (Wildman–Crippen LogP) is 0.232. The van der Waals surface area contributed by atoms with Gasteiger partial charge < -0.3 is 16.0 Å². The fourth-order valence-electron chi connectivity index (χ4n) is 2.35. The summed E-state index contributed by atoms with van der Waals surface area (Å²) in [6.07, 6.45) is 6.02. The number of H-pyrrole nitrogens is 1. The number of nitrogens with two attached hydrogens (primary N) is 1. The number of nitrogens with one attached hydrogen (secondary N) is 2. The number of hydrogen-bond acceptors (Lipinski definition) is 3. The number of rotatable bonds is 3. The fourth-order valence-corrected chi connectivity index (χ4v) is 2.35. The van der Waals surface area contributed by atoms with Crippen LogP contribution in [0.3, 0.4) is 0 Å². The summed E-state index contributed by atoms with van der Waals surface area (Å²) in [4.78, 5) is 26.1. The van der Waals surface area contributed by atoms with Crippen LogP contribution < -0.4 is 16.5 Å². The van der Waals surface area contributed by atoms with Crippen molar-refractivity contribution < 1.29 is 4.79 Å². The number of aromatic nitrogens is 1. The smallest absolute Gasteiger partial charge is 0.256 e. The number of carbonyl (C=O) groups is 1. The molecule has 5 heteroatoms. The van der Waals surface area contributed by atoms with Crippen LogP contribution in [0, 0.1) is 5.92 Å². The van der Waals surface area contributed by atoms with Crippen molar-refractivity contribution in [3.63, 3.8) is 0 Å². The third kappa shape index (κ3) is 2.55. The highest BCUT2D eigenvalue weighted by Gasteiger charge is 2.27. The van der Waals surface area contributed by atoms with Crippen LogP contribution >= 0.6 is 0 Å². The third-order valence-electron chi connectivity index (χ3n) is 3.35. The van der Waals surface area contributed by atoms with E-state index in [0.29, 0.717) is 12.5 Å². The van der Waals surface area contributed by atoms with E-state index in [1.165, 1.54) is 18.5 Å². The molecular formula is C12H17N3O2. The molecule has 1 aliphatic carbocycles. The van der Waals surface area contributed by atoms with E-state index in [0.717, 1.165) is 19.3 Å². The third-order valence-corrected chi connectivity index (χ3v) is 3.35. The van der Waals surface area contributed by atoms with Gasteiger partial charge in [-0.2, -0.15) is 0 Å². The van der Waals surface area contributed by atoms with E-state index in [9.17, 15) is 9.59 Å². The Morgan fingerprint density at radius 3 is 3.06 bits per heavy atom. The first-order valence-corrected chi connectivity index (χ1v) is 5.90. The molecule has 5 nitrogen and oxygen atoms in total. The largest absolute Gasteiger partial charge is 0.367 e. The topological polar surface area (TPSA) is 88.0 Å². The Morgan fingerprint density at radius 1 is 1.53 bits per heavy atom. The minimum atomic E-state index is -0.308. The van der Waals surface area contributed by atoms with Crippen molar-refractivity contribution in [2.75, 3.05) is 6.54 Å². The van der Waals surface area contributed by atoms with Crippen molar-refractivity contribution in [3.8, 4) is 0 Å². The highest BCUT2D eigenvalue weighted by Crippen LogP contribution is 2.24. The zero-order chi connectivity index (χ0) is 12.3. The Kier molecular flexibility index (Phi) is 3.58. The molecule has 92 valence electrons. The molecule has 1 aromatic heterocycles.